The Morgan fingerprint density at radius 2 is 1.90 bits per heavy atom. The summed E-state index contributed by atoms with van der Waals surface area (Å²) in [7, 11) is 0. The number of carbonyl (C=O) groups excluding carboxylic acids is 3. The van der Waals surface area contributed by atoms with Gasteiger partial charge in [0, 0.05) is 23.3 Å². The zero-order valence-corrected chi connectivity index (χ0v) is 23.9. The van der Waals surface area contributed by atoms with Crippen LogP contribution in [0.5, 0.6) is 0 Å². The molecule has 8 atom stereocenters. The number of anilines is 1. The van der Waals surface area contributed by atoms with E-state index in [0.717, 1.165) is 30.4 Å². The highest BCUT2D eigenvalue weighted by Crippen LogP contribution is 2.55. The molecule has 0 radical (unpaired) electrons. The predicted molar refractivity (Wildman–Crippen MR) is 153 cm³/mol. The molecule has 0 unspecified atom stereocenters. The van der Waals surface area contributed by atoms with Gasteiger partial charge in [0.2, 0.25) is 17.7 Å². The molecular weight excluding hydrogens is 526 g/mol. The molecule has 2 aromatic carbocycles. The van der Waals surface area contributed by atoms with Crippen LogP contribution in [-0.2, 0) is 25.7 Å². The van der Waals surface area contributed by atoms with Gasteiger partial charge in [0.05, 0.1) is 17.9 Å². The Hall–Kier alpha value is -3.16. The molecule has 2 aromatic rings. The molecule has 3 heterocycles. The average molecular weight is 562 g/mol. The summed E-state index contributed by atoms with van der Waals surface area (Å²) < 4.78 is 6.49. The van der Waals surface area contributed by atoms with Crippen LogP contribution in [0.1, 0.15) is 44.2 Å². The first-order chi connectivity index (χ1) is 19.2. The molecule has 1 saturated carbocycles. The summed E-state index contributed by atoms with van der Waals surface area (Å²) in [6, 6.07) is 14.0. The van der Waals surface area contributed by atoms with E-state index in [-0.39, 0.29) is 30.3 Å². The second-order valence-corrected chi connectivity index (χ2v) is 12.4. The third-order valence-electron chi connectivity index (χ3n) is 9.54. The Bertz CT molecular complexity index is 1380. The van der Waals surface area contributed by atoms with Crippen LogP contribution in [0.4, 0.5) is 5.69 Å². The van der Waals surface area contributed by atoms with Crippen LogP contribution < -0.4 is 10.6 Å². The fourth-order valence-electron chi connectivity index (χ4n) is 7.24. The maximum atomic E-state index is 14.2. The van der Waals surface area contributed by atoms with E-state index < -0.39 is 29.6 Å². The van der Waals surface area contributed by atoms with Crippen molar-refractivity contribution in [3.63, 3.8) is 0 Å². The molecule has 3 aliphatic heterocycles. The van der Waals surface area contributed by atoms with E-state index >= 15 is 0 Å². The number of hydrogen-bond donors (Lipinski definition) is 2. The topological polar surface area (TPSA) is 87.7 Å². The van der Waals surface area contributed by atoms with Crippen LogP contribution in [0.2, 0.25) is 5.02 Å². The molecule has 0 aromatic heterocycles. The van der Waals surface area contributed by atoms with Gasteiger partial charge in [-0.2, -0.15) is 0 Å². The van der Waals surface area contributed by atoms with E-state index in [1.807, 2.05) is 61.5 Å². The average Bonchev–Trinajstić information content (AvgIpc) is 3.55. The Kier molecular flexibility index (Phi) is 6.99. The van der Waals surface area contributed by atoms with Gasteiger partial charge in [-0.05, 0) is 54.5 Å². The summed E-state index contributed by atoms with van der Waals surface area (Å²) in [5.74, 6) is -1.52. The SMILES string of the molecule is Cc1cccc(NC(=O)[C@@H]2[C@@H]3C=C[C@]4(O3)[C@@H]2C(=O)N(Cc2ccccc2Cl)[C@H]4C(=O)N[C@@H]2CCC[C@@H](C)[C@H]2C)c1. The summed E-state index contributed by atoms with van der Waals surface area (Å²) in [5, 5.41) is 6.80. The number of nitrogens with one attached hydrogen (secondary N) is 2. The molecule has 4 aliphatic rings. The smallest absolute Gasteiger partial charge is 0.246 e. The number of amides is 3. The Morgan fingerprint density at radius 3 is 2.67 bits per heavy atom. The number of likely N-dealkylation sites (tertiary alicyclic amines) is 1. The van der Waals surface area contributed by atoms with Crippen molar-refractivity contribution in [3.05, 3.63) is 76.8 Å². The standard InChI is InChI=1S/C32H36ClN3O4/c1-18-8-6-11-22(16-18)34-29(37)26-25-14-15-32(40-25)27(26)31(39)36(17-21-10-4-5-12-23(21)33)28(32)30(38)35-24-13-7-9-19(2)20(24)3/h4-6,8,10-12,14-16,19-20,24-28H,7,9,13,17H2,1-3H3,(H,34,37)(H,35,38)/t19-,20-,24-,25+,26-,27+,28+,32+/m1/s1. The second-order valence-electron chi connectivity index (χ2n) is 12.0. The summed E-state index contributed by atoms with van der Waals surface area (Å²) in [6.45, 7) is 6.51. The molecule has 3 fully saturated rings. The molecule has 40 heavy (non-hydrogen) atoms. The minimum atomic E-state index is -1.22. The number of rotatable bonds is 6. The van der Waals surface area contributed by atoms with Crippen LogP contribution in [-0.4, -0.2) is 46.4 Å². The zero-order chi connectivity index (χ0) is 28.2. The number of hydrogen-bond acceptors (Lipinski definition) is 4. The van der Waals surface area contributed by atoms with Crippen LogP contribution in [0.3, 0.4) is 0 Å². The Balaban J connectivity index is 1.34. The van der Waals surface area contributed by atoms with E-state index in [4.69, 9.17) is 16.3 Å². The van der Waals surface area contributed by atoms with Crippen LogP contribution in [0, 0.1) is 30.6 Å². The van der Waals surface area contributed by atoms with Crippen LogP contribution in [0.25, 0.3) is 0 Å². The molecule has 2 saturated heterocycles. The maximum Gasteiger partial charge on any atom is 0.246 e. The van der Waals surface area contributed by atoms with Gasteiger partial charge in [0.1, 0.15) is 11.6 Å². The molecular formula is C32H36ClN3O4. The van der Waals surface area contributed by atoms with Crippen molar-refractivity contribution < 1.29 is 19.1 Å². The molecule has 2 bridgehead atoms. The number of halogens is 1. The third-order valence-corrected chi connectivity index (χ3v) is 9.91. The number of fused-ring (bicyclic) bond motifs is 1. The quantitative estimate of drug-likeness (QED) is 0.492. The van der Waals surface area contributed by atoms with Gasteiger partial charge in [-0.25, -0.2) is 0 Å². The molecule has 7 nitrogen and oxygen atoms in total. The van der Waals surface area contributed by atoms with E-state index in [1.165, 1.54) is 0 Å². The third kappa shape index (κ3) is 4.44. The van der Waals surface area contributed by atoms with E-state index in [9.17, 15) is 14.4 Å². The van der Waals surface area contributed by atoms with Gasteiger partial charge in [-0.15, -0.1) is 0 Å². The van der Waals surface area contributed by atoms with Gasteiger partial charge in [-0.1, -0.05) is 80.8 Å². The molecule has 3 amide bonds. The number of ether oxygens (including phenoxy) is 1. The largest absolute Gasteiger partial charge is 0.359 e. The van der Waals surface area contributed by atoms with Crippen LogP contribution >= 0.6 is 11.6 Å². The van der Waals surface area contributed by atoms with Gasteiger partial charge in [0.25, 0.3) is 0 Å². The van der Waals surface area contributed by atoms with Crippen molar-refractivity contribution in [2.75, 3.05) is 5.32 Å². The number of aryl methyl sites for hydroxylation is 1. The van der Waals surface area contributed by atoms with Crippen LogP contribution in [0.15, 0.2) is 60.7 Å². The summed E-state index contributed by atoms with van der Waals surface area (Å²) in [5.41, 5.74) is 1.21. The zero-order valence-electron chi connectivity index (χ0n) is 23.1. The normalized spacial score (nSPS) is 34.1. The Morgan fingerprint density at radius 1 is 1.10 bits per heavy atom. The summed E-state index contributed by atoms with van der Waals surface area (Å²) in [4.78, 5) is 43.7. The fraction of sp³-hybridized carbons (Fsp3) is 0.469. The highest BCUT2D eigenvalue weighted by Gasteiger charge is 2.72. The maximum absolute atomic E-state index is 14.2. The highest BCUT2D eigenvalue weighted by atomic mass is 35.5. The second kappa shape index (κ2) is 10.3. The molecule has 2 N–H and O–H groups in total. The number of carbonyl (C=O) groups is 3. The van der Waals surface area contributed by atoms with Crippen molar-refractivity contribution in [2.45, 2.75) is 70.4 Å². The first-order valence-corrected chi connectivity index (χ1v) is 14.7. The van der Waals surface area contributed by atoms with E-state index in [2.05, 4.69) is 24.5 Å². The number of benzene rings is 2. The first-order valence-electron chi connectivity index (χ1n) is 14.3. The predicted octanol–water partition coefficient (Wildman–Crippen LogP) is 4.88. The van der Waals surface area contributed by atoms with Crippen molar-refractivity contribution in [3.8, 4) is 0 Å². The molecule has 210 valence electrons. The first kappa shape index (κ1) is 27.0. The van der Waals surface area contributed by atoms with Gasteiger partial charge in [-0.3, -0.25) is 14.4 Å². The van der Waals surface area contributed by atoms with Crippen molar-refractivity contribution in [1.29, 1.82) is 0 Å². The van der Waals surface area contributed by atoms with Crippen molar-refractivity contribution in [1.82, 2.24) is 10.2 Å². The lowest BCUT2D eigenvalue weighted by molar-refractivity contribution is -0.142. The van der Waals surface area contributed by atoms with Gasteiger partial charge in [0.15, 0.2) is 0 Å². The Labute approximate surface area is 240 Å². The monoisotopic (exact) mass is 561 g/mol. The van der Waals surface area contributed by atoms with Gasteiger partial charge < -0.3 is 20.3 Å². The van der Waals surface area contributed by atoms with E-state index in [0.29, 0.717) is 22.5 Å². The summed E-state index contributed by atoms with van der Waals surface area (Å²) >= 11 is 6.50. The molecule has 6 rings (SSSR count). The summed E-state index contributed by atoms with van der Waals surface area (Å²) in [6.07, 6.45) is 6.21. The van der Waals surface area contributed by atoms with Crippen molar-refractivity contribution in [2.24, 2.45) is 23.7 Å². The lowest BCUT2D eigenvalue weighted by atomic mass is 9.73. The minimum Gasteiger partial charge on any atom is -0.359 e. The van der Waals surface area contributed by atoms with Gasteiger partial charge >= 0.3 is 0 Å². The lowest BCUT2D eigenvalue weighted by Gasteiger charge is -2.38. The molecule has 8 heteroatoms. The minimum absolute atomic E-state index is 0.0203. The van der Waals surface area contributed by atoms with Crippen molar-refractivity contribution >= 4 is 35.0 Å². The highest BCUT2D eigenvalue weighted by molar-refractivity contribution is 6.31. The lowest BCUT2D eigenvalue weighted by Crippen LogP contribution is -2.57. The number of nitrogens with zero attached hydrogens (tertiary/aromatic N) is 1. The van der Waals surface area contributed by atoms with E-state index in [1.54, 1.807) is 11.0 Å². The molecule has 1 spiro atoms. The molecule has 1 aliphatic carbocycles. The fourth-order valence-corrected chi connectivity index (χ4v) is 7.44.